The Morgan fingerprint density at radius 1 is 1.22 bits per heavy atom. The highest BCUT2D eigenvalue weighted by Crippen LogP contribution is 2.44. The maximum atomic E-state index is 10.7. The van der Waals surface area contributed by atoms with Gasteiger partial charge in [-0.1, -0.05) is 12.5 Å². The van der Waals surface area contributed by atoms with Crippen LogP contribution in [0.4, 0.5) is 0 Å². The number of epoxide rings is 1. The van der Waals surface area contributed by atoms with Gasteiger partial charge in [-0.3, -0.25) is 0 Å². The lowest BCUT2D eigenvalue weighted by atomic mass is 9.85. The summed E-state index contributed by atoms with van der Waals surface area (Å²) >= 11 is 3.79. The zero-order valence-electron chi connectivity index (χ0n) is 18.9. The van der Waals surface area contributed by atoms with Crippen LogP contribution in [-0.4, -0.2) is 75.0 Å². The molecular formula is C23H35NO6S2. The van der Waals surface area contributed by atoms with E-state index in [4.69, 9.17) is 13.9 Å². The monoisotopic (exact) mass is 485 g/mol. The van der Waals surface area contributed by atoms with Crippen molar-refractivity contribution in [2.45, 2.75) is 81.2 Å². The van der Waals surface area contributed by atoms with Gasteiger partial charge >= 0.3 is 0 Å². The minimum atomic E-state index is -0.960. The van der Waals surface area contributed by atoms with E-state index in [9.17, 15) is 15.3 Å². The quantitative estimate of drug-likeness (QED) is 0.478. The molecule has 0 aliphatic carbocycles. The number of rotatable bonds is 8. The molecule has 0 saturated carbocycles. The Hall–Kier alpha value is -0.550. The van der Waals surface area contributed by atoms with E-state index in [0.29, 0.717) is 29.9 Å². The predicted molar refractivity (Wildman–Crippen MR) is 126 cm³/mol. The molecule has 3 N–H and O–H groups in total. The van der Waals surface area contributed by atoms with Gasteiger partial charge in [-0.05, 0) is 50.7 Å². The summed E-state index contributed by atoms with van der Waals surface area (Å²) in [6.07, 6.45) is 3.35. The van der Waals surface area contributed by atoms with E-state index in [1.165, 1.54) is 6.42 Å². The smallest absolute Gasteiger partial charge is 0.218 e. The van der Waals surface area contributed by atoms with E-state index < -0.39 is 24.4 Å². The van der Waals surface area contributed by atoms with Crippen LogP contribution in [0.1, 0.15) is 56.3 Å². The first-order valence-electron chi connectivity index (χ1n) is 11.5. The summed E-state index contributed by atoms with van der Waals surface area (Å²) in [4.78, 5) is 4.39. The Balaban J connectivity index is 1.27. The highest BCUT2D eigenvalue weighted by molar-refractivity contribution is 8.16. The number of hydrogen-bond acceptors (Lipinski definition) is 9. The third-order valence-corrected chi connectivity index (χ3v) is 9.60. The molecule has 3 aliphatic rings. The van der Waals surface area contributed by atoms with Gasteiger partial charge in [0.15, 0.2) is 0 Å². The van der Waals surface area contributed by atoms with Crippen LogP contribution < -0.4 is 0 Å². The van der Waals surface area contributed by atoms with Gasteiger partial charge in [-0.2, -0.15) is 0 Å². The molecule has 3 aliphatic heterocycles. The fourth-order valence-corrected chi connectivity index (χ4v) is 7.17. The lowest BCUT2D eigenvalue weighted by Crippen LogP contribution is -2.50. The second-order valence-electron chi connectivity index (χ2n) is 9.31. The van der Waals surface area contributed by atoms with Crippen molar-refractivity contribution in [2.75, 3.05) is 18.1 Å². The molecule has 0 amide bonds. The van der Waals surface area contributed by atoms with Crippen molar-refractivity contribution in [3.05, 3.63) is 23.4 Å². The van der Waals surface area contributed by atoms with Crippen LogP contribution in [0.25, 0.3) is 6.08 Å². The van der Waals surface area contributed by atoms with Gasteiger partial charge in [-0.25, -0.2) is 4.98 Å². The second-order valence-corrected chi connectivity index (χ2v) is 12.0. The van der Waals surface area contributed by atoms with Crippen molar-refractivity contribution in [2.24, 2.45) is 11.8 Å². The Morgan fingerprint density at radius 2 is 1.97 bits per heavy atom. The average molecular weight is 486 g/mol. The number of aliphatic hydroxyl groups is 3. The molecule has 4 heterocycles. The maximum Gasteiger partial charge on any atom is 0.218 e. The molecule has 0 aromatic carbocycles. The van der Waals surface area contributed by atoms with Crippen molar-refractivity contribution < 1.29 is 29.2 Å². The highest BCUT2D eigenvalue weighted by Gasteiger charge is 2.48. The summed E-state index contributed by atoms with van der Waals surface area (Å²) in [5.41, 5.74) is 0.980. The van der Waals surface area contributed by atoms with Crippen LogP contribution in [0, 0.1) is 11.8 Å². The second kappa shape index (κ2) is 10.8. The van der Waals surface area contributed by atoms with Gasteiger partial charge in [0.05, 0.1) is 43.3 Å². The molecule has 32 heavy (non-hydrogen) atoms. The molecular weight excluding hydrogens is 450 g/mol. The highest BCUT2D eigenvalue weighted by atomic mass is 32.2. The predicted octanol–water partition coefficient (Wildman–Crippen LogP) is 3.25. The third-order valence-electron chi connectivity index (χ3n) is 6.67. The van der Waals surface area contributed by atoms with E-state index in [2.05, 4.69) is 4.98 Å². The normalized spacial score (nSPS) is 36.1. The maximum absolute atomic E-state index is 10.7. The average Bonchev–Trinajstić information content (AvgIpc) is 3.39. The van der Waals surface area contributed by atoms with Crippen LogP contribution >= 0.6 is 23.5 Å². The molecule has 1 aromatic heterocycles. The summed E-state index contributed by atoms with van der Waals surface area (Å²) in [6, 6.07) is 0. The molecule has 4 rings (SSSR count). The molecule has 8 atom stereocenters. The molecule has 180 valence electrons. The van der Waals surface area contributed by atoms with Crippen LogP contribution in [0.2, 0.25) is 0 Å². The number of nitrogens with zero attached hydrogens (tertiary/aromatic N) is 1. The molecule has 1 aromatic rings. The topological polar surface area (TPSA) is 108 Å². The van der Waals surface area contributed by atoms with Crippen LogP contribution in [0.5, 0.6) is 0 Å². The first kappa shape index (κ1) is 24.6. The van der Waals surface area contributed by atoms with Crippen molar-refractivity contribution in [1.82, 2.24) is 4.98 Å². The van der Waals surface area contributed by atoms with Gasteiger partial charge in [0.1, 0.15) is 16.4 Å². The van der Waals surface area contributed by atoms with Crippen molar-refractivity contribution >= 4 is 29.6 Å². The van der Waals surface area contributed by atoms with E-state index in [1.54, 1.807) is 13.1 Å². The third kappa shape index (κ3) is 5.92. The Labute approximate surface area is 198 Å². The first-order chi connectivity index (χ1) is 15.3. The number of thioether (sulfide) groups is 2. The molecule has 7 nitrogen and oxygen atoms in total. The van der Waals surface area contributed by atoms with Crippen LogP contribution in [-0.2, 0) is 9.47 Å². The van der Waals surface area contributed by atoms with Gasteiger partial charge in [0, 0.05) is 11.8 Å². The van der Waals surface area contributed by atoms with Crippen molar-refractivity contribution in [3.8, 4) is 0 Å². The number of oxazole rings is 1. The first-order valence-corrected chi connectivity index (χ1v) is 13.6. The minimum absolute atomic E-state index is 0.00736. The largest absolute Gasteiger partial charge is 0.440 e. The fourth-order valence-electron chi connectivity index (χ4n) is 4.43. The molecule has 0 radical (unpaired) electrons. The Kier molecular flexibility index (Phi) is 8.29. The van der Waals surface area contributed by atoms with Gasteiger partial charge in [0.2, 0.25) is 5.89 Å². The van der Waals surface area contributed by atoms with Crippen molar-refractivity contribution in [1.29, 1.82) is 0 Å². The lowest BCUT2D eigenvalue weighted by Gasteiger charge is -2.38. The van der Waals surface area contributed by atoms with E-state index in [1.807, 2.05) is 43.4 Å². The Morgan fingerprint density at radius 3 is 2.69 bits per heavy atom. The molecule has 3 fully saturated rings. The molecule has 3 saturated heterocycles. The number of aliphatic hydroxyl groups excluding tert-OH is 3. The number of ether oxygens (including phenoxy) is 2. The zero-order valence-corrected chi connectivity index (χ0v) is 20.6. The van der Waals surface area contributed by atoms with Gasteiger partial charge in [-0.15, -0.1) is 23.5 Å². The SMILES string of the molecule is C/C(=C\c1ncc(C2SCCCS2)o1)C[C@@H]1OC[C@H](C[C@@H]2O[C@H]2[C@@H](C)[C@H](C)O)[C@@H](O)[C@H]1O. The van der Waals surface area contributed by atoms with E-state index >= 15 is 0 Å². The van der Waals surface area contributed by atoms with Crippen LogP contribution in [0.3, 0.4) is 0 Å². The lowest BCUT2D eigenvalue weighted by molar-refractivity contribution is -0.165. The summed E-state index contributed by atoms with van der Waals surface area (Å²) in [6.45, 7) is 6.07. The standard InChI is InChI=1S/C23H35NO6S2/c1-12(8-19-24-10-18(29-19)23-31-5-4-6-32-23)7-16-21(27)20(26)15(11-28-16)9-17-22(30-17)13(2)14(3)25/h8,10,13-17,20-23,25-27H,4-7,9,11H2,1-3H3/b12-8+/t13-,14-,15-,16-,17-,20+,21-,22-/m0/s1. The molecule has 0 spiro atoms. The molecule has 0 unspecified atom stereocenters. The van der Waals surface area contributed by atoms with Gasteiger partial charge in [0.25, 0.3) is 0 Å². The molecule has 9 heteroatoms. The number of aromatic nitrogens is 1. The van der Waals surface area contributed by atoms with E-state index in [0.717, 1.165) is 22.8 Å². The number of hydrogen-bond donors (Lipinski definition) is 3. The Bertz CT molecular complexity index is 780. The van der Waals surface area contributed by atoms with Crippen molar-refractivity contribution in [3.63, 3.8) is 0 Å². The van der Waals surface area contributed by atoms with Crippen LogP contribution in [0.15, 0.2) is 16.2 Å². The minimum Gasteiger partial charge on any atom is -0.440 e. The summed E-state index contributed by atoms with van der Waals surface area (Å²) in [7, 11) is 0. The summed E-state index contributed by atoms with van der Waals surface area (Å²) < 4.78 is 17.9. The van der Waals surface area contributed by atoms with E-state index in [-0.39, 0.29) is 24.0 Å². The summed E-state index contributed by atoms with van der Waals surface area (Å²) in [5, 5.41) is 31.1. The zero-order chi connectivity index (χ0) is 22.8. The summed E-state index contributed by atoms with van der Waals surface area (Å²) in [5.74, 6) is 3.64. The fraction of sp³-hybridized carbons (Fsp3) is 0.783. The van der Waals surface area contributed by atoms with Gasteiger partial charge < -0.3 is 29.2 Å². The molecule has 0 bridgehead atoms.